The fourth-order valence-corrected chi connectivity index (χ4v) is 1.29. The third kappa shape index (κ3) is 5.71. The van der Waals surface area contributed by atoms with E-state index >= 15 is 0 Å². The Morgan fingerprint density at radius 1 is 1.27 bits per heavy atom. The molecule has 0 rings (SSSR count). The summed E-state index contributed by atoms with van der Waals surface area (Å²) >= 11 is 0. The van der Waals surface area contributed by atoms with Crippen molar-refractivity contribution in [3.8, 4) is 0 Å². The summed E-state index contributed by atoms with van der Waals surface area (Å²) in [6, 6.07) is 0. The van der Waals surface area contributed by atoms with Crippen LogP contribution in [0.2, 0.25) is 0 Å². The Labute approximate surface area is 90.4 Å². The first kappa shape index (κ1) is 14.3. The van der Waals surface area contributed by atoms with Crippen LogP contribution in [0.15, 0.2) is 0 Å². The van der Waals surface area contributed by atoms with Crippen LogP contribution in [0, 0.1) is 0 Å². The summed E-state index contributed by atoms with van der Waals surface area (Å²) in [7, 11) is 0. The van der Waals surface area contributed by atoms with Gasteiger partial charge in [-0.25, -0.2) is 0 Å². The van der Waals surface area contributed by atoms with Crippen molar-refractivity contribution >= 4 is 5.97 Å². The SMILES string of the molecule is CC(=O)OCC(CO)(CO)NC(C)(C)C. The average molecular weight is 219 g/mol. The maximum absolute atomic E-state index is 10.7. The zero-order chi connectivity index (χ0) is 12.1. The fraction of sp³-hybridized carbons (Fsp3) is 0.900. The van der Waals surface area contributed by atoms with Crippen molar-refractivity contribution in [2.75, 3.05) is 19.8 Å². The minimum Gasteiger partial charge on any atom is -0.464 e. The highest BCUT2D eigenvalue weighted by molar-refractivity contribution is 5.65. The first-order valence-corrected chi connectivity index (χ1v) is 4.89. The van der Waals surface area contributed by atoms with Crippen LogP contribution in [0.25, 0.3) is 0 Å². The largest absolute Gasteiger partial charge is 0.464 e. The molecule has 0 bridgehead atoms. The number of aliphatic hydroxyl groups excluding tert-OH is 2. The van der Waals surface area contributed by atoms with Crippen molar-refractivity contribution in [3.05, 3.63) is 0 Å². The van der Waals surface area contributed by atoms with Crippen LogP contribution < -0.4 is 5.32 Å². The van der Waals surface area contributed by atoms with E-state index in [9.17, 15) is 15.0 Å². The molecule has 0 amide bonds. The van der Waals surface area contributed by atoms with Gasteiger partial charge in [0.2, 0.25) is 0 Å². The monoisotopic (exact) mass is 219 g/mol. The van der Waals surface area contributed by atoms with Gasteiger partial charge in [-0.1, -0.05) is 0 Å². The van der Waals surface area contributed by atoms with Crippen LogP contribution in [0.5, 0.6) is 0 Å². The Balaban J connectivity index is 4.50. The van der Waals surface area contributed by atoms with Gasteiger partial charge < -0.3 is 14.9 Å². The first-order valence-electron chi connectivity index (χ1n) is 4.89. The topological polar surface area (TPSA) is 78.8 Å². The first-order chi connectivity index (χ1) is 6.74. The third-order valence-electron chi connectivity index (χ3n) is 1.80. The molecule has 0 fully saturated rings. The van der Waals surface area contributed by atoms with Gasteiger partial charge in [0.15, 0.2) is 0 Å². The molecule has 0 aromatic carbocycles. The number of esters is 1. The molecule has 0 aliphatic heterocycles. The molecule has 3 N–H and O–H groups in total. The number of rotatable bonds is 5. The molecular weight excluding hydrogens is 198 g/mol. The highest BCUT2D eigenvalue weighted by Gasteiger charge is 2.34. The van der Waals surface area contributed by atoms with Crippen LogP contribution in [0.4, 0.5) is 0 Å². The number of nitrogens with one attached hydrogen (secondary N) is 1. The van der Waals surface area contributed by atoms with E-state index in [-0.39, 0.29) is 25.4 Å². The van der Waals surface area contributed by atoms with Crippen molar-refractivity contribution in [1.82, 2.24) is 5.32 Å². The summed E-state index contributed by atoms with van der Waals surface area (Å²) in [6.07, 6.45) is 0. The summed E-state index contributed by atoms with van der Waals surface area (Å²) in [5.74, 6) is -0.433. The Kier molecular flexibility index (Phi) is 5.20. The Bertz CT molecular complexity index is 206. The number of aliphatic hydroxyl groups is 2. The van der Waals surface area contributed by atoms with Crippen LogP contribution in [0.1, 0.15) is 27.7 Å². The molecule has 90 valence electrons. The molecule has 0 radical (unpaired) electrons. The molecular formula is C10H21NO4. The lowest BCUT2D eigenvalue weighted by Crippen LogP contribution is -2.61. The van der Waals surface area contributed by atoms with E-state index in [2.05, 4.69) is 5.32 Å². The number of carbonyl (C=O) groups excluding carboxylic acids is 1. The average Bonchev–Trinajstić information content (AvgIpc) is 2.10. The van der Waals surface area contributed by atoms with Gasteiger partial charge in [0.05, 0.1) is 18.8 Å². The molecule has 0 aliphatic carbocycles. The summed E-state index contributed by atoms with van der Waals surface area (Å²) < 4.78 is 4.81. The number of ether oxygens (including phenoxy) is 1. The van der Waals surface area contributed by atoms with Crippen LogP contribution in [0.3, 0.4) is 0 Å². The Morgan fingerprint density at radius 3 is 2.00 bits per heavy atom. The van der Waals surface area contributed by atoms with Crippen molar-refractivity contribution in [2.45, 2.75) is 38.8 Å². The molecule has 0 aromatic heterocycles. The van der Waals surface area contributed by atoms with Crippen molar-refractivity contribution in [3.63, 3.8) is 0 Å². The van der Waals surface area contributed by atoms with E-state index in [0.717, 1.165) is 0 Å². The smallest absolute Gasteiger partial charge is 0.302 e. The minimum absolute atomic E-state index is 0.0490. The van der Waals surface area contributed by atoms with Gasteiger partial charge in [-0.3, -0.25) is 10.1 Å². The summed E-state index contributed by atoms with van der Waals surface area (Å²) in [6.45, 7) is 6.35. The van der Waals surface area contributed by atoms with Gasteiger partial charge in [-0.15, -0.1) is 0 Å². The minimum atomic E-state index is -0.982. The second kappa shape index (κ2) is 5.44. The zero-order valence-corrected chi connectivity index (χ0v) is 9.83. The van der Waals surface area contributed by atoms with Gasteiger partial charge in [-0.05, 0) is 20.8 Å². The maximum atomic E-state index is 10.7. The molecule has 0 spiro atoms. The summed E-state index contributed by atoms with van der Waals surface area (Å²) in [4.78, 5) is 10.7. The van der Waals surface area contributed by atoms with E-state index in [1.807, 2.05) is 20.8 Å². The number of hydrogen-bond donors (Lipinski definition) is 3. The van der Waals surface area contributed by atoms with Crippen molar-refractivity contribution in [2.24, 2.45) is 0 Å². The van der Waals surface area contributed by atoms with E-state index in [1.54, 1.807) is 0 Å². The molecule has 0 heterocycles. The quantitative estimate of drug-likeness (QED) is 0.551. The van der Waals surface area contributed by atoms with Crippen LogP contribution in [-0.4, -0.2) is 47.1 Å². The van der Waals surface area contributed by atoms with Gasteiger partial charge in [-0.2, -0.15) is 0 Å². The van der Waals surface area contributed by atoms with Crippen molar-refractivity contribution < 1.29 is 19.7 Å². The predicted molar refractivity (Wildman–Crippen MR) is 56.4 cm³/mol. The third-order valence-corrected chi connectivity index (χ3v) is 1.80. The predicted octanol–water partition coefficient (Wildman–Crippen LogP) is -0.339. The summed E-state index contributed by atoms with van der Waals surface area (Å²) in [5.41, 5.74) is -1.27. The molecule has 0 unspecified atom stereocenters. The second-order valence-electron chi connectivity index (χ2n) is 4.75. The van der Waals surface area contributed by atoms with E-state index in [4.69, 9.17) is 4.74 Å². The van der Waals surface area contributed by atoms with Crippen LogP contribution >= 0.6 is 0 Å². The Morgan fingerprint density at radius 2 is 1.73 bits per heavy atom. The fourth-order valence-electron chi connectivity index (χ4n) is 1.29. The van der Waals surface area contributed by atoms with Gasteiger partial charge in [0.25, 0.3) is 0 Å². The molecule has 0 saturated carbocycles. The van der Waals surface area contributed by atoms with Crippen molar-refractivity contribution in [1.29, 1.82) is 0 Å². The van der Waals surface area contributed by atoms with Gasteiger partial charge in [0.1, 0.15) is 6.61 Å². The lowest BCUT2D eigenvalue weighted by molar-refractivity contribution is -0.145. The Hall–Kier alpha value is -0.650. The number of hydrogen-bond acceptors (Lipinski definition) is 5. The maximum Gasteiger partial charge on any atom is 0.302 e. The van der Waals surface area contributed by atoms with E-state index in [1.165, 1.54) is 6.92 Å². The number of carbonyl (C=O) groups is 1. The lowest BCUT2D eigenvalue weighted by Gasteiger charge is -2.37. The summed E-state index contributed by atoms with van der Waals surface area (Å²) in [5, 5.41) is 21.5. The van der Waals surface area contributed by atoms with Gasteiger partial charge >= 0.3 is 5.97 Å². The molecule has 5 nitrogen and oxygen atoms in total. The normalized spacial score (nSPS) is 12.7. The standard InChI is InChI=1S/C10H21NO4/c1-8(14)15-7-10(5-12,6-13)11-9(2,3)4/h11-13H,5-7H2,1-4H3. The zero-order valence-electron chi connectivity index (χ0n) is 9.83. The lowest BCUT2D eigenvalue weighted by atomic mass is 9.97. The second-order valence-corrected chi connectivity index (χ2v) is 4.75. The van der Waals surface area contributed by atoms with Gasteiger partial charge in [0, 0.05) is 12.5 Å². The molecule has 0 aliphatic rings. The van der Waals surface area contributed by atoms with E-state index < -0.39 is 11.5 Å². The molecule has 15 heavy (non-hydrogen) atoms. The van der Waals surface area contributed by atoms with Crippen LogP contribution in [-0.2, 0) is 9.53 Å². The molecule has 5 heteroatoms. The molecule has 0 saturated heterocycles. The molecule has 0 atom stereocenters. The highest BCUT2D eigenvalue weighted by Crippen LogP contribution is 2.11. The molecule has 0 aromatic rings. The van der Waals surface area contributed by atoms with E-state index in [0.29, 0.717) is 0 Å². The highest BCUT2D eigenvalue weighted by atomic mass is 16.5.